The van der Waals surface area contributed by atoms with Crippen molar-refractivity contribution < 1.29 is 14.4 Å². The Balaban J connectivity index is 0.000000165. The van der Waals surface area contributed by atoms with Crippen molar-refractivity contribution in [2.45, 2.75) is 38.5 Å². The van der Waals surface area contributed by atoms with E-state index in [1.165, 1.54) is 23.7 Å². The molecule has 0 aromatic rings. The van der Waals surface area contributed by atoms with E-state index in [-0.39, 0.29) is 0 Å². The normalized spacial score (nSPS) is 43.0. The molecule has 2 N–H and O–H groups in total. The van der Waals surface area contributed by atoms with Crippen molar-refractivity contribution in [1.82, 2.24) is 0 Å². The van der Waals surface area contributed by atoms with Crippen LogP contribution in [0.4, 0.5) is 0 Å². The number of rotatable bonds is 0. The van der Waals surface area contributed by atoms with Crippen molar-refractivity contribution in [3.8, 4) is 0 Å². The van der Waals surface area contributed by atoms with Gasteiger partial charge in [-0.2, -0.15) is 0 Å². The fourth-order valence-corrected chi connectivity index (χ4v) is 3.98. The zero-order chi connectivity index (χ0) is 10.1. The van der Waals surface area contributed by atoms with Crippen LogP contribution >= 0.6 is 8.25 Å². The molecule has 0 unspecified atom stereocenters. The molecule has 0 aliphatic heterocycles. The van der Waals surface area contributed by atoms with Crippen molar-refractivity contribution in [2.24, 2.45) is 23.7 Å². The maximum absolute atomic E-state index is 8.70. The molecule has 3 nitrogen and oxygen atoms in total. The lowest BCUT2D eigenvalue weighted by Gasteiger charge is -2.49. The molecule has 4 bridgehead atoms. The minimum Gasteiger partial charge on any atom is -0.134 e. The molecule has 0 atom stereocenters. The lowest BCUT2D eigenvalue weighted by Crippen LogP contribution is -2.38. The molecule has 0 amide bonds. The molecule has 14 heavy (non-hydrogen) atoms. The van der Waals surface area contributed by atoms with E-state index in [0.717, 1.165) is 0 Å². The molecule has 80 valence electrons. The standard InChI is InChI=1S/C10H16.HO3P/c1-7-2-9-4-8(1)5-10(3-7)6-9;1-4(2)3/h7-10H,1-6H2;(H-,1,2,3)/p+1. The topological polar surface area (TPSA) is 57.5 Å². The van der Waals surface area contributed by atoms with E-state index < -0.39 is 8.25 Å². The minimum atomic E-state index is -2.87. The summed E-state index contributed by atoms with van der Waals surface area (Å²) in [4.78, 5) is 14.2. The summed E-state index contributed by atoms with van der Waals surface area (Å²) in [5.74, 6) is 4.71. The van der Waals surface area contributed by atoms with Crippen molar-refractivity contribution >= 4 is 8.25 Å². The highest BCUT2D eigenvalue weighted by Crippen LogP contribution is 2.53. The predicted molar refractivity (Wildman–Crippen MR) is 53.7 cm³/mol. The molecular formula is C10H18O3P+. The number of hydrogen-bond acceptors (Lipinski definition) is 1. The quantitative estimate of drug-likeness (QED) is 0.613. The van der Waals surface area contributed by atoms with Crippen LogP contribution in [0.25, 0.3) is 0 Å². The molecule has 4 rings (SSSR count). The van der Waals surface area contributed by atoms with Crippen molar-refractivity contribution in [1.29, 1.82) is 0 Å². The Morgan fingerprint density at radius 3 is 1.00 bits per heavy atom. The third-order valence-electron chi connectivity index (χ3n) is 4.00. The van der Waals surface area contributed by atoms with Gasteiger partial charge in [-0.1, -0.05) is 0 Å². The van der Waals surface area contributed by atoms with E-state index in [2.05, 4.69) is 0 Å². The van der Waals surface area contributed by atoms with Crippen LogP contribution in [0.15, 0.2) is 0 Å². The predicted octanol–water partition coefficient (Wildman–Crippen LogP) is 2.46. The Morgan fingerprint density at radius 2 is 0.857 bits per heavy atom. The second-order valence-corrected chi connectivity index (χ2v) is 5.64. The summed E-state index contributed by atoms with van der Waals surface area (Å²) in [6.07, 6.45) is 9.62. The SMILES string of the molecule is C1C2CC3CC1CC(C2)C3.O=[P+](O)O. The van der Waals surface area contributed by atoms with Gasteiger partial charge >= 0.3 is 8.25 Å². The number of hydrogen-bond donors (Lipinski definition) is 2. The molecule has 4 saturated carbocycles. The lowest BCUT2D eigenvalue weighted by molar-refractivity contribution is 0.0198. The molecule has 4 heteroatoms. The zero-order valence-corrected chi connectivity index (χ0v) is 9.20. The summed E-state index contributed by atoms with van der Waals surface area (Å²) >= 11 is 0. The molecule has 0 heterocycles. The van der Waals surface area contributed by atoms with E-state index in [1.807, 2.05) is 0 Å². The molecule has 4 aliphatic carbocycles. The van der Waals surface area contributed by atoms with Gasteiger partial charge in [0.25, 0.3) is 0 Å². The molecule has 4 aliphatic rings. The molecule has 4 fully saturated rings. The first-order chi connectivity index (χ1) is 6.63. The summed E-state index contributed by atoms with van der Waals surface area (Å²) in [6, 6.07) is 0. The van der Waals surface area contributed by atoms with E-state index in [0.29, 0.717) is 0 Å². The monoisotopic (exact) mass is 217 g/mol. The van der Waals surface area contributed by atoms with Crippen molar-refractivity contribution in [3.63, 3.8) is 0 Å². The van der Waals surface area contributed by atoms with E-state index in [9.17, 15) is 0 Å². The fourth-order valence-electron chi connectivity index (χ4n) is 3.98. The van der Waals surface area contributed by atoms with Gasteiger partial charge in [0.1, 0.15) is 0 Å². The molecule has 0 spiro atoms. The van der Waals surface area contributed by atoms with Crippen LogP contribution in [-0.4, -0.2) is 9.79 Å². The molecule has 0 radical (unpaired) electrons. The van der Waals surface area contributed by atoms with Crippen LogP contribution in [0.2, 0.25) is 0 Å². The van der Waals surface area contributed by atoms with E-state index >= 15 is 0 Å². The third-order valence-corrected chi connectivity index (χ3v) is 4.00. The van der Waals surface area contributed by atoms with Gasteiger partial charge < -0.3 is 0 Å². The van der Waals surface area contributed by atoms with E-state index in [4.69, 9.17) is 14.4 Å². The summed E-state index contributed by atoms with van der Waals surface area (Å²) in [5.41, 5.74) is 0. The van der Waals surface area contributed by atoms with Gasteiger partial charge in [-0.25, -0.2) is 0 Å². The van der Waals surface area contributed by atoms with Gasteiger partial charge in [-0.15, -0.1) is 9.79 Å². The van der Waals surface area contributed by atoms with Crippen molar-refractivity contribution in [3.05, 3.63) is 0 Å². The van der Waals surface area contributed by atoms with Gasteiger partial charge in [-0.3, -0.25) is 0 Å². The van der Waals surface area contributed by atoms with Gasteiger partial charge in [0.15, 0.2) is 0 Å². The highest BCUT2D eigenvalue weighted by atomic mass is 31.1. The average molecular weight is 217 g/mol. The van der Waals surface area contributed by atoms with Crippen LogP contribution in [-0.2, 0) is 4.57 Å². The summed E-state index contributed by atoms with van der Waals surface area (Å²) in [5, 5.41) is 0. The molecule has 0 aromatic carbocycles. The smallest absolute Gasteiger partial charge is 0.134 e. The molecule has 0 saturated heterocycles. The highest BCUT2D eigenvalue weighted by Gasteiger charge is 2.41. The van der Waals surface area contributed by atoms with Crippen LogP contribution in [0.5, 0.6) is 0 Å². The zero-order valence-electron chi connectivity index (χ0n) is 8.30. The van der Waals surface area contributed by atoms with Crippen LogP contribution in [0, 0.1) is 23.7 Å². The molecular weight excluding hydrogens is 199 g/mol. The Hall–Kier alpha value is 0.0200. The minimum absolute atomic E-state index is 1.18. The maximum atomic E-state index is 8.70. The summed E-state index contributed by atoms with van der Waals surface area (Å²) in [7, 11) is -2.87. The summed E-state index contributed by atoms with van der Waals surface area (Å²) < 4.78 is 8.70. The van der Waals surface area contributed by atoms with Gasteiger partial charge in [0, 0.05) is 4.57 Å². The Bertz CT molecular complexity index is 169. The maximum Gasteiger partial charge on any atom is 0.692 e. The Morgan fingerprint density at radius 1 is 0.714 bits per heavy atom. The average Bonchev–Trinajstić information content (AvgIpc) is 1.98. The molecule has 0 aromatic heterocycles. The fraction of sp³-hybridized carbons (Fsp3) is 1.00. The second-order valence-electron chi connectivity index (χ2n) is 5.13. The first kappa shape index (κ1) is 10.5. The largest absolute Gasteiger partial charge is 0.692 e. The van der Waals surface area contributed by atoms with Crippen LogP contribution in [0.1, 0.15) is 38.5 Å². The van der Waals surface area contributed by atoms with Gasteiger partial charge in [0.2, 0.25) is 0 Å². The summed E-state index contributed by atoms with van der Waals surface area (Å²) in [6.45, 7) is 0. The first-order valence-corrected chi connectivity index (χ1v) is 6.65. The first-order valence-electron chi connectivity index (χ1n) is 5.48. The van der Waals surface area contributed by atoms with Crippen LogP contribution < -0.4 is 0 Å². The third kappa shape index (κ3) is 2.53. The van der Waals surface area contributed by atoms with Gasteiger partial charge in [-0.05, 0) is 62.2 Å². The lowest BCUT2D eigenvalue weighted by atomic mass is 9.56. The van der Waals surface area contributed by atoms with E-state index in [1.54, 1.807) is 38.5 Å². The second kappa shape index (κ2) is 4.26. The van der Waals surface area contributed by atoms with Gasteiger partial charge in [0.05, 0.1) is 0 Å². The van der Waals surface area contributed by atoms with Crippen LogP contribution in [0.3, 0.4) is 0 Å². The Kier molecular flexibility index (Phi) is 3.20. The Labute approximate surface area is 85.5 Å². The highest BCUT2D eigenvalue weighted by molar-refractivity contribution is 7.30. The van der Waals surface area contributed by atoms with Crippen molar-refractivity contribution in [2.75, 3.05) is 0 Å².